The first-order valence-corrected chi connectivity index (χ1v) is 12.3. The average Bonchev–Trinajstić information content (AvgIpc) is 2.77. The Morgan fingerprint density at radius 2 is 1.77 bits per heavy atom. The van der Waals surface area contributed by atoms with Gasteiger partial charge in [-0.05, 0) is 48.7 Å². The van der Waals surface area contributed by atoms with E-state index in [4.69, 9.17) is 0 Å². The normalized spacial score (nSPS) is 15.3. The monoisotopic (exact) mass is 424 g/mol. The Balaban J connectivity index is 1.48. The van der Waals surface area contributed by atoms with E-state index in [-0.39, 0.29) is 4.90 Å². The Labute approximate surface area is 178 Å². The fourth-order valence-corrected chi connectivity index (χ4v) is 4.77. The van der Waals surface area contributed by atoms with Crippen molar-refractivity contribution in [2.24, 2.45) is 0 Å². The van der Waals surface area contributed by atoms with Gasteiger partial charge in [0.05, 0.1) is 10.4 Å². The molecule has 158 valence electrons. The third-order valence-corrected chi connectivity index (χ3v) is 7.07. The lowest BCUT2D eigenvalue weighted by atomic mass is 9.94. The fraction of sp³-hybridized carbons (Fsp3) is 0.391. The molecule has 1 aliphatic rings. The van der Waals surface area contributed by atoms with Crippen LogP contribution in [-0.2, 0) is 16.4 Å². The van der Waals surface area contributed by atoms with Gasteiger partial charge in [-0.2, -0.15) is 0 Å². The second-order valence-corrected chi connectivity index (χ2v) is 10.1. The molecule has 1 N–H and O–H groups in total. The van der Waals surface area contributed by atoms with Crippen LogP contribution in [0.25, 0.3) is 10.9 Å². The van der Waals surface area contributed by atoms with Crippen LogP contribution in [0.3, 0.4) is 0 Å². The highest BCUT2D eigenvalue weighted by atomic mass is 32.2. The third kappa shape index (κ3) is 4.56. The molecule has 0 aliphatic heterocycles. The molecule has 0 spiro atoms. The number of sulfone groups is 1. The molecule has 1 fully saturated rings. The predicted octanol–water partition coefficient (Wildman–Crippen LogP) is 4.41. The van der Waals surface area contributed by atoms with Gasteiger partial charge < -0.3 is 10.2 Å². The van der Waals surface area contributed by atoms with Crippen LogP contribution in [0.4, 0.5) is 11.5 Å². The average molecular weight is 425 g/mol. The van der Waals surface area contributed by atoms with E-state index in [9.17, 15) is 8.42 Å². The minimum Gasteiger partial charge on any atom is -0.372 e. The maximum atomic E-state index is 11.9. The minimum absolute atomic E-state index is 0.267. The van der Waals surface area contributed by atoms with E-state index in [2.05, 4.69) is 51.5 Å². The zero-order valence-corrected chi connectivity index (χ0v) is 18.3. The van der Waals surface area contributed by atoms with E-state index in [0.29, 0.717) is 29.3 Å². The lowest BCUT2D eigenvalue weighted by Gasteiger charge is -2.33. The summed E-state index contributed by atoms with van der Waals surface area (Å²) in [5, 5.41) is 4.04. The second kappa shape index (κ2) is 8.60. The lowest BCUT2D eigenvalue weighted by Crippen LogP contribution is -2.33. The fourth-order valence-electron chi connectivity index (χ4n) is 4.12. The van der Waals surface area contributed by atoms with Gasteiger partial charge in [-0.1, -0.05) is 31.4 Å². The molecule has 6 nitrogen and oxygen atoms in total. The summed E-state index contributed by atoms with van der Waals surface area (Å²) in [4.78, 5) is 11.2. The first-order chi connectivity index (χ1) is 14.4. The molecule has 1 aliphatic carbocycles. The van der Waals surface area contributed by atoms with Gasteiger partial charge in [0, 0.05) is 37.0 Å². The Bertz CT molecular complexity index is 1120. The number of aromatic nitrogens is 2. The number of benzene rings is 2. The van der Waals surface area contributed by atoms with Crippen molar-refractivity contribution in [2.45, 2.75) is 49.6 Å². The summed E-state index contributed by atoms with van der Waals surface area (Å²) in [7, 11) is -1.10. The predicted molar refractivity (Wildman–Crippen MR) is 122 cm³/mol. The molecule has 0 amide bonds. The van der Waals surface area contributed by atoms with Gasteiger partial charge in [-0.25, -0.2) is 18.4 Å². The quantitative estimate of drug-likeness (QED) is 0.632. The topological polar surface area (TPSA) is 75.2 Å². The number of hydrogen-bond donors (Lipinski definition) is 1. The first-order valence-electron chi connectivity index (χ1n) is 10.4. The van der Waals surface area contributed by atoms with Crippen molar-refractivity contribution >= 4 is 32.2 Å². The Morgan fingerprint density at radius 3 is 2.47 bits per heavy atom. The summed E-state index contributed by atoms with van der Waals surface area (Å²) in [6.45, 7) is 0.600. The third-order valence-electron chi connectivity index (χ3n) is 5.96. The molecule has 30 heavy (non-hydrogen) atoms. The van der Waals surface area contributed by atoms with E-state index in [1.807, 2.05) is 0 Å². The smallest absolute Gasteiger partial charge is 0.175 e. The molecule has 0 saturated heterocycles. The van der Waals surface area contributed by atoms with E-state index in [1.165, 1.54) is 50.4 Å². The van der Waals surface area contributed by atoms with Gasteiger partial charge in [-0.15, -0.1) is 0 Å². The summed E-state index contributed by atoms with van der Waals surface area (Å²) in [6, 6.07) is 14.2. The van der Waals surface area contributed by atoms with Crippen LogP contribution in [0, 0.1) is 0 Å². The number of nitrogens with zero attached hydrogens (tertiary/aromatic N) is 3. The Hall–Kier alpha value is -2.67. The van der Waals surface area contributed by atoms with Gasteiger partial charge in [0.25, 0.3) is 0 Å². The van der Waals surface area contributed by atoms with E-state index < -0.39 is 9.84 Å². The Kier molecular flexibility index (Phi) is 5.90. The van der Waals surface area contributed by atoms with Crippen LogP contribution in [0.2, 0.25) is 0 Å². The summed E-state index contributed by atoms with van der Waals surface area (Å²) in [5.74, 6) is 0.633. The zero-order chi connectivity index (χ0) is 21.1. The second-order valence-electron chi connectivity index (χ2n) is 8.10. The van der Waals surface area contributed by atoms with Crippen molar-refractivity contribution in [3.63, 3.8) is 0 Å². The van der Waals surface area contributed by atoms with E-state index >= 15 is 0 Å². The first kappa shape index (κ1) is 20.6. The van der Waals surface area contributed by atoms with Crippen LogP contribution in [0.5, 0.6) is 0 Å². The van der Waals surface area contributed by atoms with E-state index in [0.717, 1.165) is 5.56 Å². The van der Waals surface area contributed by atoms with Crippen molar-refractivity contribution in [1.29, 1.82) is 0 Å². The largest absolute Gasteiger partial charge is 0.372 e. The molecule has 1 saturated carbocycles. The van der Waals surface area contributed by atoms with Crippen molar-refractivity contribution < 1.29 is 8.42 Å². The van der Waals surface area contributed by atoms with Crippen LogP contribution in [0.1, 0.15) is 37.7 Å². The van der Waals surface area contributed by atoms with Crippen molar-refractivity contribution in [3.8, 4) is 0 Å². The van der Waals surface area contributed by atoms with Crippen LogP contribution < -0.4 is 10.2 Å². The number of nitrogens with one attached hydrogen (secondary N) is 1. The highest BCUT2D eigenvalue weighted by Crippen LogP contribution is 2.27. The highest BCUT2D eigenvalue weighted by Gasteiger charge is 2.18. The minimum atomic E-state index is -3.29. The summed E-state index contributed by atoms with van der Waals surface area (Å²) in [5.41, 5.74) is 3.10. The Morgan fingerprint density at radius 1 is 1.03 bits per heavy atom. The molecule has 0 radical (unpaired) electrons. The SMILES string of the molecule is CN(c1ccc(CNc2ncnc3ccc(S(C)(=O)=O)cc23)cc1)C1CCCCC1. The molecule has 3 aromatic rings. The molecule has 1 heterocycles. The molecular weight excluding hydrogens is 396 g/mol. The van der Waals surface area contributed by atoms with Gasteiger partial charge in [0.2, 0.25) is 0 Å². The summed E-state index contributed by atoms with van der Waals surface area (Å²) in [6.07, 6.45) is 9.25. The maximum Gasteiger partial charge on any atom is 0.175 e. The van der Waals surface area contributed by atoms with E-state index in [1.54, 1.807) is 18.2 Å². The standard InChI is InChI=1S/C23H28N4O2S/c1-27(18-6-4-3-5-7-18)19-10-8-17(9-11-19)15-24-23-21-14-20(30(2,28)29)12-13-22(21)25-16-26-23/h8-14,16,18H,3-7,15H2,1-2H3,(H,24,25,26). The lowest BCUT2D eigenvalue weighted by molar-refractivity contribution is 0.427. The molecule has 4 rings (SSSR count). The molecule has 7 heteroatoms. The molecule has 2 aromatic carbocycles. The van der Waals surface area contributed by atoms with Crippen molar-refractivity contribution in [3.05, 3.63) is 54.4 Å². The van der Waals surface area contributed by atoms with Crippen LogP contribution in [0.15, 0.2) is 53.7 Å². The van der Waals surface area contributed by atoms with Gasteiger partial charge in [-0.3, -0.25) is 0 Å². The van der Waals surface area contributed by atoms with Crippen molar-refractivity contribution in [1.82, 2.24) is 9.97 Å². The molecule has 0 atom stereocenters. The van der Waals surface area contributed by atoms with Crippen LogP contribution >= 0.6 is 0 Å². The van der Waals surface area contributed by atoms with Gasteiger partial charge in [0.1, 0.15) is 12.1 Å². The molecule has 0 unspecified atom stereocenters. The zero-order valence-electron chi connectivity index (χ0n) is 17.5. The summed E-state index contributed by atoms with van der Waals surface area (Å²) < 4.78 is 23.8. The number of hydrogen-bond acceptors (Lipinski definition) is 6. The van der Waals surface area contributed by atoms with Gasteiger partial charge in [0.15, 0.2) is 9.84 Å². The number of anilines is 2. The van der Waals surface area contributed by atoms with Crippen LogP contribution in [-0.4, -0.2) is 37.7 Å². The number of fused-ring (bicyclic) bond motifs is 1. The highest BCUT2D eigenvalue weighted by molar-refractivity contribution is 7.90. The molecular formula is C23H28N4O2S. The molecule has 0 bridgehead atoms. The van der Waals surface area contributed by atoms with Crippen molar-refractivity contribution in [2.75, 3.05) is 23.5 Å². The maximum absolute atomic E-state index is 11.9. The number of rotatable bonds is 6. The molecule has 1 aromatic heterocycles. The van der Waals surface area contributed by atoms with Gasteiger partial charge >= 0.3 is 0 Å². The summed E-state index contributed by atoms with van der Waals surface area (Å²) >= 11 is 0.